The zero-order valence-electron chi connectivity index (χ0n) is 12.4. The van der Waals surface area contributed by atoms with Gasteiger partial charge in [-0.2, -0.15) is 5.26 Å². The predicted molar refractivity (Wildman–Crippen MR) is 80.9 cm³/mol. The van der Waals surface area contributed by atoms with Gasteiger partial charge >= 0.3 is 0 Å². The average molecular weight is 274 g/mol. The molecule has 0 amide bonds. The van der Waals surface area contributed by atoms with Gasteiger partial charge in [0.25, 0.3) is 0 Å². The van der Waals surface area contributed by atoms with Crippen molar-refractivity contribution in [2.45, 2.75) is 20.3 Å². The molecule has 0 saturated carbocycles. The molecule has 0 bridgehead atoms. The SMILES string of the molecule is CCCNCC(C)=Cc1ccc(OCC#N)c(OC)c1. The number of benzene rings is 1. The van der Waals surface area contributed by atoms with Crippen LogP contribution in [0.15, 0.2) is 23.8 Å². The summed E-state index contributed by atoms with van der Waals surface area (Å²) >= 11 is 0. The molecule has 0 unspecified atom stereocenters. The quantitative estimate of drug-likeness (QED) is 0.740. The maximum Gasteiger partial charge on any atom is 0.174 e. The van der Waals surface area contributed by atoms with Crippen LogP contribution in [-0.2, 0) is 0 Å². The maximum absolute atomic E-state index is 8.54. The Hall–Kier alpha value is -1.99. The van der Waals surface area contributed by atoms with E-state index in [1.54, 1.807) is 7.11 Å². The minimum Gasteiger partial charge on any atom is -0.493 e. The third-order valence-electron chi connectivity index (χ3n) is 2.72. The maximum atomic E-state index is 8.54. The lowest BCUT2D eigenvalue weighted by atomic mass is 10.1. The Morgan fingerprint density at radius 1 is 1.40 bits per heavy atom. The second-order valence-electron chi connectivity index (χ2n) is 4.52. The monoisotopic (exact) mass is 274 g/mol. The first-order valence-electron chi connectivity index (χ1n) is 6.77. The highest BCUT2D eigenvalue weighted by Gasteiger charge is 2.04. The first-order valence-corrected chi connectivity index (χ1v) is 6.77. The van der Waals surface area contributed by atoms with Gasteiger partial charge in [-0.15, -0.1) is 0 Å². The van der Waals surface area contributed by atoms with Crippen LogP contribution < -0.4 is 14.8 Å². The first kappa shape index (κ1) is 16.1. The van der Waals surface area contributed by atoms with E-state index in [2.05, 4.69) is 25.2 Å². The van der Waals surface area contributed by atoms with Gasteiger partial charge in [0.1, 0.15) is 6.07 Å². The van der Waals surface area contributed by atoms with Crippen LogP contribution in [0.5, 0.6) is 11.5 Å². The Morgan fingerprint density at radius 2 is 2.20 bits per heavy atom. The lowest BCUT2D eigenvalue weighted by Crippen LogP contribution is -2.16. The van der Waals surface area contributed by atoms with Crippen molar-refractivity contribution in [3.63, 3.8) is 0 Å². The zero-order valence-corrected chi connectivity index (χ0v) is 12.4. The Morgan fingerprint density at radius 3 is 2.85 bits per heavy atom. The number of rotatable bonds is 8. The van der Waals surface area contributed by atoms with Crippen molar-refractivity contribution in [3.05, 3.63) is 29.3 Å². The minimum absolute atomic E-state index is 0.0194. The van der Waals surface area contributed by atoms with Crippen LogP contribution in [0.1, 0.15) is 25.8 Å². The number of nitriles is 1. The lowest BCUT2D eigenvalue weighted by molar-refractivity contribution is 0.329. The molecule has 0 radical (unpaired) electrons. The van der Waals surface area contributed by atoms with Crippen molar-refractivity contribution in [3.8, 4) is 17.6 Å². The summed E-state index contributed by atoms with van der Waals surface area (Å²) in [5.41, 5.74) is 2.31. The van der Waals surface area contributed by atoms with E-state index in [1.165, 1.54) is 5.57 Å². The molecular formula is C16H22N2O2. The highest BCUT2D eigenvalue weighted by atomic mass is 16.5. The molecule has 1 aromatic carbocycles. The van der Waals surface area contributed by atoms with Gasteiger partial charge in [-0.1, -0.05) is 24.6 Å². The molecule has 1 rings (SSSR count). The molecule has 0 atom stereocenters. The average Bonchev–Trinajstić information content (AvgIpc) is 2.46. The molecule has 0 aliphatic carbocycles. The van der Waals surface area contributed by atoms with Crippen LogP contribution in [0.25, 0.3) is 6.08 Å². The van der Waals surface area contributed by atoms with Crippen molar-refractivity contribution >= 4 is 6.08 Å². The molecule has 20 heavy (non-hydrogen) atoms. The number of nitrogens with zero attached hydrogens (tertiary/aromatic N) is 1. The van der Waals surface area contributed by atoms with Gasteiger partial charge < -0.3 is 14.8 Å². The normalized spacial score (nSPS) is 11.0. The highest BCUT2D eigenvalue weighted by Crippen LogP contribution is 2.28. The van der Waals surface area contributed by atoms with Crippen LogP contribution >= 0.6 is 0 Å². The molecular weight excluding hydrogens is 252 g/mol. The molecule has 1 N–H and O–H groups in total. The standard InChI is InChI=1S/C16H22N2O2/c1-4-8-18-12-13(2)10-14-5-6-15(20-9-7-17)16(11-14)19-3/h5-6,10-11,18H,4,8-9,12H2,1-3H3. The van der Waals surface area contributed by atoms with E-state index in [4.69, 9.17) is 14.7 Å². The summed E-state index contributed by atoms with van der Waals surface area (Å²) in [7, 11) is 1.59. The Kier molecular flexibility index (Phi) is 7.23. The molecule has 0 fully saturated rings. The minimum atomic E-state index is 0.0194. The second-order valence-corrected chi connectivity index (χ2v) is 4.52. The van der Waals surface area contributed by atoms with Gasteiger partial charge in [0.15, 0.2) is 18.1 Å². The van der Waals surface area contributed by atoms with E-state index in [9.17, 15) is 0 Å². The van der Waals surface area contributed by atoms with Crippen molar-refractivity contribution in [2.24, 2.45) is 0 Å². The third kappa shape index (κ3) is 5.33. The Labute approximate surface area is 121 Å². The number of hydrogen-bond donors (Lipinski definition) is 1. The third-order valence-corrected chi connectivity index (χ3v) is 2.72. The first-order chi connectivity index (χ1) is 9.71. The molecule has 0 heterocycles. The van der Waals surface area contributed by atoms with Crippen LogP contribution in [0.3, 0.4) is 0 Å². The summed E-state index contributed by atoms with van der Waals surface area (Å²) in [4.78, 5) is 0. The van der Waals surface area contributed by atoms with E-state index < -0.39 is 0 Å². The van der Waals surface area contributed by atoms with E-state index >= 15 is 0 Å². The van der Waals surface area contributed by atoms with Crippen molar-refractivity contribution < 1.29 is 9.47 Å². The van der Waals surface area contributed by atoms with Crippen molar-refractivity contribution in [1.29, 1.82) is 5.26 Å². The molecule has 0 aliphatic rings. The highest BCUT2D eigenvalue weighted by molar-refractivity contribution is 5.58. The molecule has 0 spiro atoms. The van der Waals surface area contributed by atoms with Crippen LogP contribution in [0.2, 0.25) is 0 Å². The van der Waals surface area contributed by atoms with Gasteiger partial charge in [-0.3, -0.25) is 0 Å². The Balaban J connectivity index is 2.76. The molecule has 108 valence electrons. The smallest absolute Gasteiger partial charge is 0.174 e. The Bertz CT molecular complexity index is 490. The summed E-state index contributed by atoms with van der Waals surface area (Å²) < 4.78 is 10.6. The summed E-state index contributed by atoms with van der Waals surface area (Å²) in [6, 6.07) is 7.64. The van der Waals surface area contributed by atoms with E-state index in [1.807, 2.05) is 24.3 Å². The number of hydrogen-bond acceptors (Lipinski definition) is 4. The molecule has 4 heteroatoms. The number of nitrogens with one attached hydrogen (secondary N) is 1. The summed E-state index contributed by atoms with van der Waals surface area (Å²) in [5, 5.41) is 11.9. The lowest BCUT2D eigenvalue weighted by Gasteiger charge is -2.09. The fourth-order valence-electron chi connectivity index (χ4n) is 1.80. The van der Waals surface area contributed by atoms with Gasteiger partial charge in [-0.25, -0.2) is 0 Å². The fraction of sp³-hybridized carbons (Fsp3) is 0.438. The van der Waals surface area contributed by atoms with Crippen molar-refractivity contribution in [2.75, 3.05) is 26.8 Å². The fourth-order valence-corrected chi connectivity index (χ4v) is 1.80. The number of ether oxygens (including phenoxy) is 2. The number of methoxy groups -OCH3 is 1. The van der Waals surface area contributed by atoms with Gasteiger partial charge in [-0.05, 0) is 37.6 Å². The van der Waals surface area contributed by atoms with Gasteiger partial charge in [0, 0.05) is 6.54 Å². The molecule has 0 aliphatic heterocycles. The van der Waals surface area contributed by atoms with Gasteiger partial charge in [0.2, 0.25) is 0 Å². The molecule has 0 aromatic heterocycles. The van der Waals surface area contributed by atoms with Crippen LogP contribution in [0.4, 0.5) is 0 Å². The second kappa shape index (κ2) is 9.00. The van der Waals surface area contributed by atoms with E-state index in [0.717, 1.165) is 25.1 Å². The van der Waals surface area contributed by atoms with Crippen molar-refractivity contribution in [1.82, 2.24) is 5.32 Å². The van der Waals surface area contributed by atoms with E-state index in [-0.39, 0.29) is 6.61 Å². The van der Waals surface area contributed by atoms with Crippen LogP contribution in [-0.4, -0.2) is 26.8 Å². The summed E-state index contributed by atoms with van der Waals surface area (Å²) in [6.07, 6.45) is 3.24. The molecule has 4 nitrogen and oxygen atoms in total. The zero-order chi connectivity index (χ0) is 14.8. The molecule has 0 saturated heterocycles. The molecule has 1 aromatic rings. The summed E-state index contributed by atoms with van der Waals surface area (Å²) in [5.74, 6) is 1.23. The topological polar surface area (TPSA) is 54.3 Å². The predicted octanol–water partition coefficient (Wildman–Crippen LogP) is 3.00. The largest absolute Gasteiger partial charge is 0.493 e. The van der Waals surface area contributed by atoms with Gasteiger partial charge in [0.05, 0.1) is 7.11 Å². The van der Waals surface area contributed by atoms with Crippen LogP contribution in [0, 0.1) is 11.3 Å². The van der Waals surface area contributed by atoms with E-state index in [0.29, 0.717) is 11.5 Å². The summed E-state index contributed by atoms with van der Waals surface area (Å²) in [6.45, 7) is 6.16.